The largest absolute Gasteiger partial charge is 0.465 e. The summed E-state index contributed by atoms with van der Waals surface area (Å²) < 4.78 is 10.9. The van der Waals surface area contributed by atoms with Crippen LogP contribution in [-0.2, 0) is 4.74 Å². The number of thiazole rings is 1. The van der Waals surface area contributed by atoms with Gasteiger partial charge in [0.05, 0.1) is 18.2 Å². The number of hydrogen-bond acceptors (Lipinski definition) is 7. The van der Waals surface area contributed by atoms with Gasteiger partial charge >= 0.3 is 5.97 Å². The minimum Gasteiger partial charge on any atom is -0.465 e. The zero-order chi connectivity index (χ0) is 20.4. The molecule has 0 spiro atoms. The molecule has 6 nitrogen and oxygen atoms in total. The number of aryl methyl sites for hydroxylation is 2. The molecule has 0 atom stereocenters. The Morgan fingerprint density at radius 3 is 2.69 bits per heavy atom. The molecule has 29 heavy (non-hydrogen) atoms. The molecule has 146 valence electrons. The molecule has 0 aliphatic carbocycles. The van der Waals surface area contributed by atoms with E-state index in [4.69, 9.17) is 9.15 Å². The van der Waals surface area contributed by atoms with Crippen LogP contribution in [0.5, 0.6) is 0 Å². The Balaban J connectivity index is 1.81. The highest BCUT2D eigenvalue weighted by Gasteiger charge is 2.15. The summed E-state index contributed by atoms with van der Waals surface area (Å²) >= 11 is 1.21. The number of anilines is 1. The third kappa shape index (κ3) is 3.90. The average Bonchev–Trinajstić information content (AvgIpc) is 3.12. The molecule has 2 aromatic heterocycles. The lowest BCUT2D eigenvalue weighted by atomic mass is 10.1. The predicted molar refractivity (Wildman–Crippen MR) is 114 cm³/mol. The third-order valence-corrected chi connectivity index (χ3v) is 5.44. The lowest BCUT2D eigenvalue weighted by molar-refractivity contribution is 0.0605. The molecule has 0 saturated carbocycles. The van der Waals surface area contributed by atoms with Crippen LogP contribution >= 0.6 is 11.3 Å². The highest BCUT2D eigenvalue weighted by molar-refractivity contribution is 7.17. The summed E-state index contributed by atoms with van der Waals surface area (Å²) in [6.45, 7) is 3.78. The van der Waals surface area contributed by atoms with E-state index in [9.17, 15) is 4.79 Å². The number of hydrogen-bond donors (Lipinski definition) is 1. The van der Waals surface area contributed by atoms with Gasteiger partial charge in [-0.05, 0) is 31.5 Å². The van der Waals surface area contributed by atoms with Crippen molar-refractivity contribution < 1.29 is 13.9 Å². The maximum Gasteiger partial charge on any atom is 0.350 e. The molecule has 0 aliphatic rings. The normalized spacial score (nSPS) is 11.6. The number of rotatable bonds is 4. The number of aromatic nitrogens is 1. The van der Waals surface area contributed by atoms with E-state index in [0.29, 0.717) is 15.7 Å². The van der Waals surface area contributed by atoms with Crippen molar-refractivity contribution in [2.45, 2.75) is 13.8 Å². The van der Waals surface area contributed by atoms with Crippen molar-refractivity contribution >= 4 is 33.4 Å². The summed E-state index contributed by atoms with van der Waals surface area (Å²) in [4.78, 5) is 16.6. The van der Waals surface area contributed by atoms with Gasteiger partial charge in [-0.3, -0.25) is 5.43 Å². The number of carbonyl (C=O) groups is 1. The van der Waals surface area contributed by atoms with Crippen LogP contribution in [0.15, 0.2) is 64.1 Å². The summed E-state index contributed by atoms with van der Waals surface area (Å²) in [6, 6.07) is 17.8. The average molecular weight is 405 g/mol. The van der Waals surface area contributed by atoms with E-state index in [0.717, 1.165) is 33.2 Å². The minimum atomic E-state index is -0.404. The lowest BCUT2D eigenvalue weighted by Gasteiger charge is -2.06. The number of nitrogens with zero attached hydrogens (tertiary/aromatic N) is 2. The fourth-order valence-corrected chi connectivity index (χ4v) is 3.77. The van der Waals surface area contributed by atoms with Crippen molar-refractivity contribution in [2.24, 2.45) is 5.10 Å². The van der Waals surface area contributed by atoms with Gasteiger partial charge < -0.3 is 9.15 Å². The SMILES string of the molecule is COC(=O)c1sc(N/N=c2\cc(-c3ccccc3)oc3cc(C)ccc23)nc1C. The number of ether oxygens (including phenoxy) is 1. The number of fused-ring (bicyclic) bond motifs is 1. The first-order chi connectivity index (χ1) is 14.0. The monoisotopic (exact) mass is 405 g/mol. The standard InChI is InChI=1S/C22H19N3O3S/c1-13-9-10-16-17(24-25-22-23-14(2)20(29-22)21(26)27-3)12-18(28-19(16)11-13)15-7-5-4-6-8-15/h4-12H,1-3H3,(H,23,25)/b24-17+. The van der Waals surface area contributed by atoms with Crippen molar-refractivity contribution in [1.82, 2.24) is 4.98 Å². The van der Waals surface area contributed by atoms with Crippen LogP contribution in [0.2, 0.25) is 0 Å². The van der Waals surface area contributed by atoms with Gasteiger partial charge in [0.15, 0.2) is 0 Å². The van der Waals surface area contributed by atoms with Gasteiger partial charge in [-0.2, -0.15) is 5.10 Å². The van der Waals surface area contributed by atoms with Crippen LogP contribution in [-0.4, -0.2) is 18.1 Å². The fraction of sp³-hybridized carbons (Fsp3) is 0.136. The van der Waals surface area contributed by atoms with E-state index in [1.54, 1.807) is 6.92 Å². The quantitative estimate of drug-likeness (QED) is 0.386. The third-order valence-electron chi connectivity index (χ3n) is 4.40. The lowest BCUT2D eigenvalue weighted by Crippen LogP contribution is -2.07. The number of benzene rings is 2. The molecule has 0 saturated heterocycles. The van der Waals surface area contributed by atoms with Crippen molar-refractivity contribution in [3.8, 4) is 11.3 Å². The highest BCUT2D eigenvalue weighted by Crippen LogP contribution is 2.24. The minimum absolute atomic E-state index is 0.404. The van der Waals surface area contributed by atoms with Gasteiger partial charge in [0, 0.05) is 17.0 Å². The van der Waals surface area contributed by atoms with E-state index < -0.39 is 5.97 Å². The first kappa shape index (κ1) is 18.9. The van der Waals surface area contributed by atoms with E-state index in [1.807, 2.05) is 61.5 Å². The van der Waals surface area contributed by atoms with Crippen LogP contribution in [0.4, 0.5) is 5.13 Å². The first-order valence-corrected chi connectivity index (χ1v) is 9.82. The summed E-state index contributed by atoms with van der Waals surface area (Å²) in [5, 5.41) is 6.66. The molecule has 4 aromatic rings. The van der Waals surface area contributed by atoms with Gasteiger partial charge in [-0.25, -0.2) is 9.78 Å². The Bertz CT molecular complexity index is 1260. The van der Waals surface area contributed by atoms with E-state index in [2.05, 4.69) is 15.5 Å². The summed E-state index contributed by atoms with van der Waals surface area (Å²) in [5.74, 6) is 0.314. The van der Waals surface area contributed by atoms with Gasteiger partial charge in [-0.1, -0.05) is 47.7 Å². The summed E-state index contributed by atoms with van der Waals surface area (Å²) in [5.41, 5.74) is 6.39. The number of methoxy groups -OCH3 is 1. The molecule has 0 unspecified atom stereocenters. The second-order valence-electron chi connectivity index (χ2n) is 6.51. The van der Waals surface area contributed by atoms with Gasteiger partial charge in [0.2, 0.25) is 5.13 Å². The maximum absolute atomic E-state index is 11.8. The van der Waals surface area contributed by atoms with E-state index in [1.165, 1.54) is 18.4 Å². The van der Waals surface area contributed by atoms with Crippen LogP contribution in [0.25, 0.3) is 22.3 Å². The van der Waals surface area contributed by atoms with Crippen LogP contribution < -0.4 is 10.8 Å². The second kappa shape index (κ2) is 7.89. The van der Waals surface area contributed by atoms with E-state index in [-0.39, 0.29) is 0 Å². The topological polar surface area (TPSA) is 76.7 Å². The highest BCUT2D eigenvalue weighted by atomic mass is 32.1. The fourth-order valence-electron chi connectivity index (χ4n) is 2.95. The Labute approximate surface area is 171 Å². The molecule has 0 bridgehead atoms. The molecule has 0 aliphatic heterocycles. The molecular formula is C22H19N3O3S. The van der Waals surface area contributed by atoms with Crippen molar-refractivity contribution in [3.05, 3.63) is 76.1 Å². The van der Waals surface area contributed by atoms with Crippen molar-refractivity contribution in [2.75, 3.05) is 12.5 Å². The summed E-state index contributed by atoms with van der Waals surface area (Å²) in [6.07, 6.45) is 0. The Kier molecular flexibility index (Phi) is 5.14. The van der Waals surface area contributed by atoms with E-state index >= 15 is 0 Å². The molecule has 4 rings (SSSR count). The molecular weight excluding hydrogens is 386 g/mol. The number of esters is 1. The zero-order valence-corrected chi connectivity index (χ0v) is 17.0. The Hall–Kier alpha value is -3.45. The maximum atomic E-state index is 11.8. The van der Waals surface area contributed by atoms with Gasteiger partial charge in [0.1, 0.15) is 16.2 Å². The molecule has 0 radical (unpaired) electrons. The number of carbonyl (C=O) groups excluding carboxylic acids is 1. The molecule has 7 heteroatoms. The molecule has 1 N–H and O–H groups in total. The van der Waals surface area contributed by atoms with Crippen LogP contribution in [0, 0.1) is 13.8 Å². The van der Waals surface area contributed by atoms with Gasteiger partial charge in [-0.15, -0.1) is 0 Å². The molecule has 0 fully saturated rings. The summed E-state index contributed by atoms with van der Waals surface area (Å²) in [7, 11) is 1.35. The Morgan fingerprint density at radius 1 is 1.14 bits per heavy atom. The van der Waals surface area contributed by atoms with Crippen LogP contribution in [0.3, 0.4) is 0 Å². The molecule has 0 amide bonds. The van der Waals surface area contributed by atoms with Crippen molar-refractivity contribution in [3.63, 3.8) is 0 Å². The van der Waals surface area contributed by atoms with Crippen LogP contribution in [0.1, 0.15) is 20.9 Å². The smallest absolute Gasteiger partial charge is 0.350 e. The Morgan fingerprint density at radius 2 is 1.93 bits per heavy atom. The zero-order valence-electron chi connectivity index (χ0n) is 16.2. The predicted octanol–water partition coefficient (Wildman–Crippen LogP) is 4.89. The van der Waals surface area contributed by atoms with Gasteiger partial charge in [0.25, 0.3) is 0 Å². The number of nitrogens with one attached hydrogen (secondary N) is 1. The first-order valence-electron chi connectivity index (χ1n) is 9.00. The molecule has 2 aromatic carbocycles. The van der Waals surface area contributed by atoms with Crippen molar-refractivity contribution in [1.29, 1.82) is 0 Å². The second-order valence-corrected chi connectivity index (χ2v) is 7.51. The molecule has 2 heterocycles.